The smallest absolute Gasteiger partial charge is 0.252 e. The molecule has 1 heterocycles. The van der Waals surface area contributed by atoms with E-state index in [-0.39, 0.29) is 17.0 Å². The molecule has 1 rings (SSSR count). The normalized spacial score (nSPS) is 13.1. The molecule has 0 aliphatic rings. The fourth-order valence-corrected chi connectivity index (χ4v) is 1.58. The highest BCUT2D eigenvalue weighted by Gasteiger charge is 2.17. The van der Waals surface area contributed by atoms with E-state index in [0.717, 1.165) is 6.42 Å². The number of amidine groups is 1. The maximum Gasteiger partial charge on any atom is 0.252 e. The lowest BCUT2D eigenvalue weighted by Crippen LogP contribution is -2.44. The SMILES string of the molecule is CCCC(NC(=O)c1ccn(C)c(=O)c1)/C(N)=N/O. The Balaban J connectivity index is 2.87. The van der Waals surface area contributed by atoms with Gasteiger partial charge in [-0.15, -0.1) is 0 Å². The predicted octanol–water partition coefficient (Wildman–Crippen LogP) is 0.0302. The highest BCUT2D eigenvalue weighted by Crippen LogP contribution is 2.01. The first-order valence-electron chi connectivity index (χ1n) is 5.94. The quantitative estimate of drug-likeness (QED) is 0.302. The van der Waals surface area contributed by atoms with Crippen LogP contribution in [0.1, 0.15) is 30.1 Å². The van der Waals surface area contributed by atoms with Crippen molar-refractivity contribution in [3.63, 3.8) is 0 Å². The third-order valence-electron chi connectivity index (χ3n) is 2.72. The van der Waals surface area contributed by atoms with Crippen molar-refractivity contribution in [3.05, 3.63) is 34.2 Å². The first kappa shape index (κ1) is 14.7. The van der Waals surface area contributed by atoms with Gasteiger partial charge in [0.25, 0.3) is 11.5 Å². The van der Waals surface area contributed by atoms with E-state index in [1.54, 1.807) is 7.05 Å². The first-order chi connectivity index (χ1) is 8.99. The van der Waals surface area contributed by atoms with Gasteiger partial charge in [0.1, 0.15) is 0 Å². The lowest BCUT2D eigenvalue weighted by atomic mass is 10.1. The number of aryl methyl sites for hydroxylation is 1. The number of carbonyl (C=O) groups is 1. The monoisotopic (exact) mass is 266 g/mol. The van der Waals surface area contributed by atoms with Crippen molar-refractivity contribution in [2.45, 2.75) is 25.8 Å². The average Bonchev–Trinajstić information content (AvgIpc) is 2.40. The molecule has 0 radical (unpaired) electrons. The summed E-state index contributed by atoms with van der Waals surface area (Å²) in [6.45, 7) is 1.92. The van der Waals surface area contributed by atoms with Crippen LogP contribution < -0.4 is 16.6 Å². The van der Waals surface area contributed by atoms with Crippen LogP contribution in [0.25, 0.3) is 0 Å². The highest BCUT2D eigenvalue weighted by molar-refractivity contribution is 5.98. The molecule has 1 aromatic rings. The molecule has 0 bridgehead atoms. The van der Waals surface area contributed by atoms with E-state index < -0.39 is 11.9 Å². The number of carbonyl (C=O) groups excluding carboxylic acids is 1. The number of hydrogen-bond acceptors (Lipinski definition) is 4. The van der Waals surface area contributed by atoms with Gasteiger partial charge in [0, 0.05) is 24.9 Å². The zero-order chi connectivity index (χ0) is 14.4. The Kier molecular flexibility index (Phi) is 5.11. The van der Waals surface area contributed by atoms with E-state index in [9.17, 15) is 9.59 Å². The van der Waals surface area contributed by atoms with Gasteiger partial charge < -0.3 is 20.8 Å². The van der Waals surface area contributed by atoms with E-state index in [4.69, 9.17) is 10.9 Å². The van der Waals surface area contributed by atoms with Crippen molar-refractivity contribution < 1.29 is 10.0 Å². The largest absolute Gasteiger partial charge is 0.409 e. The molecule has 0 saturated carbocycles. The number of pyridine rings is 1. The standard InChI is InChI=1S/C12H18N4O3/c1-3-4-9(11(13)15-19)14-12(18)8-5-6-16(2)10(17)7-8/h5-7,9,19H,3-4H2,1-2H3,(H2,13,15)(H,14,18). The van der Waals surface area contributed by atoms with Crippen molar-refractivity contribution in [2.24, 2.45) is 17.9 Å². The second-order valence-electron chi connectivity index (χ2n) is 4.20. The third-order valence-corrected chi connectivity index (χ3v) is 2.72. The molecule has 7 nitrogen and oxygen atoms in total. The minimum absolute atomic E-state index is 0.0565. The lowest BCUT2D eigenvalue weighted by Gasteiger charge is -2.16. The van der Waals surface area contributed by atoms with Gasteiger partial charge in [0.15, 0.2) is 5.84 Å². The minimum Gasteiger partial charge on any atom is -0.409 e. The van der Waals surface area contributed by atoms with Crippen LogP contribution in [0.2, 0.25) is 0 Å². The Morgan fingerprint density at radius 3 is 2.84 bits per heavy atom. The van der Waals surface area contributed by atoms with E-state index in [1.807, 2.05) is 6.92 Å². The van der Waals surface area contributed by atoms with Crippen molar-refractivity contribution in [1.29, 1.82) is 0 Å². The summed E-state index contributed by atoms with van der Waals surface area (Å²) in [6.07, 6.45) is 2.82. The molecule has 0 aromatic carbocycles. The van der Waals surface area contributed by atoms with E-state index >= 15 is 0 Å². The van der Waals surface area contributed by atoms with Gasteiger partial charge in [0.2, 0.25) is 0 Å². The molecule has 4 N–H and O–H groups in total. The van der Waals surface area contributed by atoms with Crippen LogP contribution in [-0.4, -0.2) is 27.6 Å². The summed E-state index contributed by atoms with van der Waals surface area (Å²) < 4.78 is 1.36. The molecular formula is C12H18N4O3. The minimum atomic E-state index is -0.549. The van der Waals surface area contributed by atoms with Crippen molar-refractivity contribution >= 4 is 11.7 Å². The summed E-state index contributed by atoms with van der Waals surface area (Å²) >= 11 is 0. The molecule has 7 heteroatoms. The van der Waals surface area contributed by atoms with Crippen molar-refractivity contribution in [3.8, 4) is 0 Å². The Bertz CT molecular complexity index is 536. The molecule has 1 atom stereocenters. The molecule has 0 aliphatic heterocycles. The van der Waals surface area contributed by atoms with Gasteiger partial charge in [-0.2, -0.15) is 0 Å². The zero-order valence-electron chi connectivity index (χ0n) is 11.0. The van der Waals surface area contributed by atoms with Crippen LogP contribution in [0.15, 0.2) is 28.3 Å². The molecule has 0 saturated heterocycles. The summed E-state index contributed by atoms with van der Waals surface area (Å²) in [4.78, 5) is 23.4. The van der Waals surface area contributed by atoms with E-state index in [2.05, 4.69) is 10.5 Å². The molecule has 1 amide bonds. The van der Waals surface area contributed by atoms with Crippen LogP contribution >= 0.6 is 0 Å². The average molecular weight is 266 g/mol. The summed E-state index contributed by atoms with van der Waals surface area (Å²) in [6, 6.07) is 2.22. The van der Waals surface area contributed by atoms with E-state index in [0.29, 0.717) is 6.42 Å². The van der Waals surface area contributed by atoms with Gasteiger partial charge in [-0.25, -0.2) is 0 Å². The first-order valence-corrected chi connectivity index (χ1v) is 5.94. The Morgan fingerprint density at radius 2 is 2.32 bits per heavy atom. The number of oxime groups is 1. The highest BCUT2D eigenvalue weighted by atomic mass is 16.4. The molecule has 0 aliphatic carbocycles. The van der Waals surface area contributed by atoms with Crippen LogP contribution in [-0.2, 0) is 7.05 Å². The van der Waals surface area contributed by atoms with Crippen LogP contribution in [0, 0.1) is 0 Å². The molecule has 0 fully saturated rings. The second kappa shape index (κ2) is 6.58. The zero-order valence-corrected chi connectivity index (χ0v) is 11.0. The van der Waals surface area contributed by atoms with E-state index in [1.165, 1.54) is 22.9 Å². The number of nitrogens with two attached hydrogens (primary N) is 1. The fraction of sp³-hybridized carbons (Fsp3) is 0.417. The summed E-state index contributed by atoms with van der Waals surface area (Å²) in [7, 11) is 1.60. The molecule has 1 aromatic heterocycles. The maximum atomic E-state index is 12.0. The number of amides is 1. The molecular weight excluding hydrogens is 248 g/mol. The summed E-state index contributed by atoms with van der Waals surface area (Å²) in [5.74, 6) is -0.484. The molecule has 19 heavy (non-hydrogen) atoms. The fourth-order valence-electron chi connectivity index (χ4n) is 1.58. The van der Waals surface area contributed by atoms with Gasteiger partial charge in [0.05, 0.1) is 6.04 Å². The van der Waals surface area contributed by atoms with Crippen molar-refractivity contribution in [1.82, 2.24) is 9.88 Å². The molecule has 1 unspecified atom stereocenters. The van der Waals surface area contributed by atoms with Crippen molar-refractivity contribution in [2.75, 3.05) is 0 Å². The number of rotatable bonds is 5. The Hall–Kier alpha value is -2.31. The number of nitrogens with zero attached hydrogens (tertiary/aromatic N) is 2. The predicted molar refractivity (Wildman–Crippen MR) is 71.3 cm³/mol. The maximum absolute atomic E-state index is 12.0. The number of hydrogen-bond donors (Lipinski definition) is 3. The lowest BCUT2D eigenvalue weighted by molar-refractivity contribution is 0.0944. The molecule has 0 spiro atoms. The Morgan fingerprint density at radius 1 is 1.63 bits per heavy atom. The van der Waals surface area contributed by atoms with Gasteiger partial charge >= 0.3 is 0 Å². The Labute approximate surface area is 110 Å². The summed E-state index contributed by atoms with van der Waals surface area (Å²) in [5, 5.41) is 14.2. The number of aromatic nitrogens is 1. The third kappa shape index (κ3) is 3.84. The van der Waals surface area contributed by atoms with Gasteiger partial charge in [-0.05, 0) is 12.5 Å². The second-order valence-corrected chi connectivity index (χ2v) is 4.20. The van der Waals surface area contributed by atoms with Crippen LogP contribution in [0.3, 0.4) is 0 Å². The molecule has 104 valence electrons. The van der Waals surface area contributed by atoms with Gasteiger partial charge in [-0.3, -0.25) is 9.59 Å². The summed E-state index contributed by atoms with van der Waals surface area (Å²) in [5.41, 5.74) is 5.47. The topological polar surface area (TPSA) is 110 Å². The van der Waals surface area contributed by atoms with Crippen LogP contribution in [0.5, 0.6) is 0 Å². The number of nitrogens with one attached hydrogen (secondary N) is 1. The van der Waals surface area contributed by atoms with Gasteiger partial charge in [-0.1, -0.05) is 18.5 Å². The van der Waals surface area contributed by atoms with Crippen LogP contribution in [0.4, 0.5) is 0 Å².